The van der Waals surface area contributed by atoms with Gasteiger partial charge in [-0.3, -0.25) is 4.79 Å². The highest BCUT2D eigenvalue weighted by molar-refractivity contribution is 6.39. The molecule has 1 saturated heterocycles. The predicted octanol–water partition coefficient (Wildman–Crippen LogP) is 5.31. The first-order chi connectivity index (χ1) is 13.8. The molecule has 2 aromatic rings. The van der Waals surface area contributed by atoms with E-state index in [0.717, 1.165) is 24.4 Å². The lowest BCUT2D eigenvalue weighted by molar-refractivity contribution is 0.0664. The minimum absolute atomic E-state index is 0.109. The molecule has 1 aliphatic rings. The molecule has 156 valence electrons. The number of piperazine rings is 1. The molecule has 7 heteroatoms. The van der Waals surface area contributed by atoms with Crippen molar-refractivity contribution < 1.29 is 14.3 Å². The number of benzene rings is 2. The van der Waals surface area contributed by atoms with Crippen LogP contribution in [0.4, 0.5) is 0 Å². The van der Waals surface area contributed by atoms with Crippen molar-refractivity contribution >= 4 is 29.1 Å². The lowest BCUT2D eigenvalue weighted by atomic mass is 10.0. The molecule has 29 heavy (non-hydrogen) atoms. The molecule has 1 fully saturated rings. The number of carbonyl (C=O) groups excluding carboxylic acids is 1. The van der Waals surface area contributed by atoms with E-state index in [2.05, 4.69) is 18.7 Å². The number of nitrogens with zero attached hydrogens (tertiary/aromatic N) is 2. The quantitative estimate of drug-likeness (QED) is 0.636. The maximum absolute atomic E-state index is 13.0. The second-order valence-electron chi connectivity index (χ2n) is 7.49. The smallest absolute Gasteiger partial charge is 0.255 e. The Balaban J connectivity index is 1.90. The molecular weight excluding hydrogens is 411 g/mol. The average molecular weight is 437 g/mol. The van der Waals surface area contributed by atoms with Crippen molar-refractivity contribution in [3.8, 4) is 17.2 Å². The van der Waals surface area contributed by atoms with E-state index < -0.39 is 0 Å². The molecule has 3 rings (SSSR count). The molecule has 0 atom stereocenters. The lowest BCUT2D eigenvalue weighted by Crippen LogP contribution is -2.47. The van der Waals surface area contributed by atoms with Crippen LogP contribution in [0.3, 0.4) is 0 Å². The Kier molecular flexibility index (Phi) is 6.93. The molecule has 1 heterocycles. The van der Waals surface area contributed by atoms with Gasteiger partial charge in [0.2, 0.25) is 0 Å². The zero-order valence-electron chi connectivity index (χ0n) is 17.2. The van der Waals surface area contributed by atoms with E-state index in [1.165, 1.54) is 0 Å². The highest BCUT2D eigenvalue weighted by Crippen LogP contribution is 2.40. The predicted molar refractivity (Wildman–Crippen MR) is 117 cm³/mol. The second kappa shape index (κ2) is 9.24. The molecule has 0 aromatic heterocycles. The van der Waals surface area contributed by atoms with Gasteiger partial charge in [0.15, 0.2) is 5.75 Å². The summed E-state index contributed by atoms with van der Waals surface area (Å²) in [4.78, 5) is 17.0. The van der Waals surface area contributed by atoms with Gasteiger partial charge in [0, 0.05) is 31.7 Å². The number of methoxy groups -OCH3 is 1. The van der Waals surface area contributed by atoms with Crippen molar-refractivity contribution in [2.75, 3.05) is 40.3 Å². The van der Waals surface area contributed by atoms with Crippen molar-refractivity contribution in [1.82, 2.24) is 9.80 Å². The summed E-state index contributed by atoms with van der Waals surface area (Å²) in [5.41, 5.74) is 1.41. The van der Waals surface area contributed by atoms with E-state index in [9.17, 15) is 4.79 Å². The molecular formula is C22H26Cl2N2O3. The number of halogens is 2. The summed E-state index contributed by atoms with van der Waals surface area (Å²) in [7, 11) is 3.69. The van der Waals surface area contributed by atoms with E-state index in [1.54, 1.807) is 25.3 Å². The molecule has 1 amide bonds. The van der Waals surface area contributed by atoms with Gasteiger partial charge >= 0.3 is 0 Å². The van der Waals surface area contributed by atoms with Crippen LogP contribution >= 0.6 is 23.2 Å². The van der Waals surface area contributed by atoms with Gasteiger partial charge in [-0.1, -0.05) is 37.0 Å². The van der Waals surface area contributed by atoms with E-state index in [1.807, 2.05) is 24.1 Å². The largest absolute Gasteiger partial charge is 0.496 e. The van der Waals surface area contributed by atoms with Crippen LogP contribution in [0.5, 0.6) is 17.2 Å². The third kappa shape index (κ3) is 4.80. The third-order valence-corrected chi connectivity index (χ3v) is 5.79. The van der Waals surface area contributed by atoms with Crippen molar-refractivity contribution in [2.24, 2.45) is 0 Å². The summed E-state index contributed by atoms with van der Waals surface area (Å²) in [5.74, 6) is 1.81. The zero-order valence-corrected chi connectivity index (χ0v) is 18.7. The highest BCUT2D eigenvalue weighted by atomic mass is 35.5. The third-order valence-electron chi connectivity index (χ3n) is 5.11. The Morgan fingerprint density at radius 1 is 1.07 bits per heavy atom. The van der Waals surface area contributed by atoms with Crippen LogP contribution in [-0.4, -0.2) is 56.0 Å². The number of hydrogen-bond donors (Lipinski definition) is 0. The molecule has 0 bridgehead atoms. The van der Waals surface area contributed by atoms with Crippen LogP contribution in [-0.2, 0) is 0 Å². The van der Waals surface area contributed by atoms with Crippen LogP contribution in [0.25, 0.3) is 0 Å². The number of rotatable bonds is 5. The van der Waals surface area contributed by atoms with Crippen LogP contribution in [0.2, 0.25) is 10.0 Å². The maximum Gasteiger partial charge on any atom is 0.255 e. The minimum Gasteiger partial charge on any atom is -0.496 e. The minimum atomic E-state index is -0.109. The molecule has 0 saturated carbocycles. The molecule has 0 N–H and O–H groups in total. The normalized spacial score (nSPS) is 14.9. The fourth-order valence-corrected chi connectivity index (χ4v) is 3.84. The Hall–Kier alpha value is -1.95. The zero-order chi connectivity index (χ0) is 21.1. The van der Waals surface area contributed by atoms with E-state index in [0.29, 0.717) is 29.4 Å². The monoisotopic (exact) mass is 436 g/mol. The number of carbonyl (C=O) groups is 1. The Bertz CT molecular complexity index is 894. The van der Waals surface area contributed by atoms with Crippen LogP contribution in [0.15, 0.2) is 30.3 Å². The standard InChI is InChI=1S/C22H26Cl2N2O3/c1-14(2)17-13-15(5-8-19(17)28-4)29-21-18(23)7-6-16(20(21)24)22(27)26-11-9-25(3)10-12-26/h5-8,13-14H,9-12H2,1-4H3. The maximum atomic E-state index is 13.0. The van der Waals surface area contributed by atoms with Crippen LogP contribution < -0.4 is 9.47 Å². The molecule has 5 nitrogen and oxygen atoms in total. The summed E-state index contributed by atoms with van der Waals surface area (Å²) < 4.78 is 11.5. The first-order valence-electron chi connectivity index (χ1n) is 9.63. The van der Waals surface area contributed by atoms with E-state index >= 15 is 0 Å². The number of amides is 1. The summed E-state index contributed by atoms with van der Waals surface area (Å²) >= 11 is 12.9. The number of hydrogen-bond acceptors (Lipinski definition) is 4. The van der Waals surface area contributed by atoms with E-state index in [4.69, 9.17) is 32.7 Å². The van der Waals surface area contributed by atoms with Gasteiger partial charge in [-0.05, 0) is 43.3 Å². The van der Waals surface area contributed by atoms with E-state index in [-0.39, 0.29) is 22.6 Å². The number of likely N-dealkylation sites (N-methyl/N-ethyl adjacent to an activating group) is 1. The Labute approximate surface area is 182 Å². The van der Waals surface area contributed by atoms with Crippen LogP contribution in [0.1, 0.15) is 35.7 Å². The summed E-state index contributed by atoms with van der Waals surface area (Å²) in [6.07, 6.45) is 0. The van der Waals surface area contributed by atoms with Gasteiger partial charge in [0.1, 0.15) is 11.5 Å². The first kappa shape index (κ1) is 21.8. The van der Waals surface area contributed by atoms with Gasteiger partial charge < -0.3 is 19.3 Å². The van der Waals surface area contributed by atoms with Gasteiger partial charge in [-0.25, -0.2) is 0 Å². The SMILES string of the molecule is COc1ccc(Oc2c(Cl)ccc(C(=O)N3CCN(C)CC3)c2Cl)cc1C(C)C. The molecule has 0 radical (unpaired) electrons. The van der Waals surface area contributed by atoms with Gasteiger partial charge in [0.05, 0.1) is 22.7 Å². The molecule has 0 spiro atoms. The van der Waals surface area contributed by atoms with Crippen molar-refractivity contribution in [3.63, 3.8) is 0 Å². The fraction of sp³-hybridized carbons (Fsp3) is 0.409. The fourth-order valence-electron chi connectivity index (χ4n) is 3.32. The Morgan fingerprint density at radius 2 is 1.76 bits per heavy atom. The summed E-state index contributed by atoms with van der Waals surface area (Å²) in [6, 6.07) is 8.87. The average Bonchev–Trinajstić information content (AvgIpc) is 2.71. The highest BCUT2D eigenvalue weighted by Gasteiger charge is 2.25. The first-order valence-corrected chi connectivity index (χ1v) is 10.4. The second-order valence-corrected chi connectivity index (χ2v) is 8.28. The van der Waals surface area contributed by atoms with Crippen molar-refractivity contribution in [3.05, 3.63) is 51.5 Å². The molecule has 1 aliphatic heterocycles. The molecule has 0 aliphatic carbocycles. The lowest BCUT2D eigenvalue weighted by Gasteiger charge is -2.32. The van der Waals surface area contributed by atoms with Crippen molar-refractivity contribution in [2.45, 2.75) is 19.8 Å². The van der Waals surface area contributed by atoms with Gasteiger partial charge in [-0.15, -0.1) is 0 Å². The van der Waals surface area contributed by atoms with Gasteiger partial charge in [-0.2, -0.15) is 0 Å². The molecule has 0 unspecified atom stereocenters. The summed E-state index contributed by atoms with van der Waals surface area (Å²) in [6.45, 7) is 7.17. The number of ether oxygens (including phenoxy) is 2. The summed E-state index contributed by atoms with van der Waals surface area (Å²) in [5, 5.41) is 0.579. The van der Waals surface area contributed by atoms with Gasteiger partial charge in [0.25, 0.3) is 5.91 Å². The Morgan fingerprint density at radius 3 is 2.38 bits per heavy atom. The van der Waals surface area contributed by atoms with Crippen molar-refractivity contribution in [1.29, 1.82) is 0 Å². The topological polar surface area (TPSA) is 42.0 Å². The molecule has 2 aromatic carbocycles. The van der Waals surface area contributed by atoms with Crippen LogP contribution in [0, 0.1) is 0 Å².